The zero-order chi connectivity index (χ0) is 38.3. The Kier molecular flexibility index (Phi) is 50.9. The lowest BCUT2D eigenvalue weighted by Crippen LogP contribution is -2.05. The molecule has 0 bridgehead atoms. The summed E-state index contributed by atoms with van der Waals surface area (Å²) >= 11 is 0. The van der Waals surface area contributed by atoms with E-state index in [4.69, 9.17) is 9.84 Å². The van der Waals surface area contributed by atoms with Crippen LogP contribution < -0.4 is 0 Å². The molecule has 0 saturated carbocycles. The minimum Gasteiger partial charge on any atom is -0.481 e. The van der Waals surface area contributed by atoms with Gasteiger partial charge in [0.25, 0.3) is 0 Å². The Morgan fingerprint density at radius 3 is 0.769 bits per heavy atom. The summed E-state index contributed by atoms with van der Waals surface area (Å²) < 4.78 is 5.42. The molecule has 0 aliphatic rings. The third-order valence-electron chi connectivity index (χ3n) is 10.7. The number of carboxylic acids is 1. The van der Waals surface area contributed by atoms with Gasteiger partial charge in [-0.2, -0.15) is 0 Å². The van der Waals surface area contributed by atoms with Crippen LogP contribution >= 0.6 is 0 Å². The molecule has 0 fully saturated rings. The number of aliphatic carboxylic acids is 1. The molecule has 312 valence electrons. The average molecular weight is 737 g/mol. The standard InChI is InChI=1S/C32H64O2.C16H32O2/c1-3-5-7-9-11-13-15-17-19-21-23-25-27-29-31-34-32(33)30-28-26-24-22-20-18-16-14-12-10-8-6-4-2;1-2-3-4-5-6-7-8-9-10-11-12-13-14-15-16(17)18/h3-31H2,1-2H3;2-15H2,1H3,(H,17,18). The fourth-order valence-electron chi connectivity index (χ4n) is 7.14. The maximum Gasteiger partial charge on any atom is 0.305 e. The Morgan fingerprint density at radius 2 is 0.519 bits per heavy atom. The van der Waals surface area contributed by atoms with Crippen LogP contribution in [0.1, 0.15) is 290 Å². The van der Waals surface area contributed by atoms with Crippen LogP contribution in [0, 0.1) is 0 Å². The maximum absolute atomic E-state index is 11.9. The molecule has 0 saturated heterocycles. The van der Waals surface area contributed by atoms with E-state index >= 15 is 0 Å². The van der Waals surface area contributed by atoms with Gasteiger partial charge in [-0.1, -0.05) is 258 Å². The molecule has 0 aromatic carbocycles. The highest BCUT2D eigenvalue weighted by atomic mass is 16.5. The van der Waals surface area contributed by atoms with Crippen molar-refractivity contribution in [3.63, 3.8) is 0 Å². The first-order valence-corrected chi connectivity index (χ1v) is 24.0. The van der Waals surface area contributed by atoms with Gasteiger partial charge in [0.1, 0.15) is 0 Å². The van der Waals surface area contributed by atoms with Crippen molar-refractivity contribution in [2.24, 2.45) is 0 Å². The van der Waals surface area contributed by atoms with Crippen LogP contribution in [0.5, 0.6) is 0 Å². The summed E-state index contributed by atoms with van der Waals surface area (Å²) in [5.41, 5.74) is 0. The van der Waals surface area contributed by atoms with Gasteiger partial charge in [-0.05, 0) is 19.3 Å². The van der Waals surface area contributed by atoms with Crippen molar-refractivity contribution in [2.75, 3.05) is 6.61 Å². The molecule has 0 rings (SSSR count). The second-order valence-corrected chi connectivity index (χ2v) is 16.2. The predicted octanol–water partition coefficient (Wildman–Crippen LogP) is 17.0. The summed E-state index contributed by atoms with van der Waals surface area (Å²) in [5, 5.41) is 8.49. The molecule has 52 heavy (non-hydrogen) atoms. The van der Waals surface area contributed by atoms with E-state index in [1.807, 2.05) is 0 Å². The molecular formula is C48H96O4. The summed E-state index contributed by atoms with van der Waals surface area (Å²) in [7, 11) is 0. The number of hydrogen-bond acceptors (Lipinski definition) is 3. The van der Waals surface area contributed by atoms with Gasteiger partial charge in [-0.3, -0.25) is 9.59 Å². The summed E-state index contributed by atoms with van der Waals surface area (Å²) in [4.78, 5) is 22.2. The Balaban J connectivity index is 0. The van der Waals surface area contributed by atoms with E-state index in [2.05, 4.69) is 20.8 Å². The number of hydrogen-bond donors (Lipinski definition) is 1. The van der Waals surface area contributed by atoms with Crippen LogP contribution in [0.25, 0.3) is 0 Å². The number of carbonyl (C=O) groups excluding carboxylic acids is 1. The van der Waals surface area contributed by atoms with Crippen molar-refractivity contribution in [3.8, 4) is 0 Å². The summed E-state index contributed by atoms with van der Waals surface area (Å²) in [5.74, 6) is -0.629. The molecule has 0 heterocycles. The normalized spacial score (nSPS) is 11.1. The van der Waals surface area contributed by atoms with Gasteiger partial charge < -0.3 is 9.84 Å². The fraction of sp³-hybridized carbons (Fsp3) is 0.958. The van der Waals surface area contributed by atoms with Crippen molar-refractivity contribution in [3.05, 3.63) is 0 Å². The number of esters is 1. The van der Waals surface area contributed by atoms with Gasteiger partial charge in [0.05, 0.1) is 6.61 Å². The Bertz CT molecular complexity index is 663. The first-order chi connectivity index (χ1) is 25.6. The number of carbonyl (C=O) groups is 2. The SMILES string of the molecule is CCCCCCCCCCCCCCCC(=O)O.CCCCCCCCCCCCCCCCOC(=O)CCCCCCCCCCCCCCC. The molecular weight excluding hydrogens is 641 g/mol. The maximum atomic E-state index is 11.9. The largest absolute Gasteiger partial charge is 0.481 e. The Morgan fingerprint density at radius 1 is 0.308 bits per heavy atom. The molecule has 0 amide bonds. The second kappa shape index (κ2) is 49.9. The van der Waals surface area contributed by atoms with Gasteiger partial charge in [-0.15, -0.1) is 0 Å². The Hall–Kier alpha value is -1.06. The molecule has 0 aliphatic heterocycles. The summed E-state index contributed by atoms with van der Waals surface area (Å²) in [6.45, 7) is 7.46. The topological polar surface area (TPSA) is 63.6 Å². The molecule has 0 radical (unpaired) electrons. The van der Waals surface area contributed by atoms with Crippen LogP contribution in [0.2, 0.25) is 0 Å². The number of carboxylic acid groups (broad SMARTS) is 1. The summed E-state index contributed by atoms with van der Waals surface area (Å²) in [6.07, 6.45) is 54.4. The average Bonchev–Trinajstić information content (AvgIpc) is 3.14. The lowest BCUT2D eigenvalue weighted by molar-refractivity contribution is -0.144. The van der Waals surface area contributed by atoms with E-state index in [1.165, 1.54) is 231 Å². The van der Waals surface area contributed by atoms with E-state index in [0.717, 1.165) is 25.7 Å². The van der Waals surface area contributed by atoms with Crippen molar-refractivity contribution >= 4 is 11.9 Å². The van der Waals surface area contributed by atoms with Gasteiger partial charge in [0.15, 0.2) is 0 Å². The number of ether oxygens (including phenoxy) is 1. The van der Waals surface area contributed by atoms with Crippen LogP contribution in [0.15, 0.2) is 0 Å². The smallest absolute Gasteiger partial charge is 0.305 e. The molecule has 0 unspecified atom stereocenters. The van der Waals surface area contributed by atoms with Gasteiger partial charge in [0.2, 0.25) is 0 Å². The van der Waals surface area contributed by atoms with E-state index in [0.29, 0.717) is 19.4 Å². The molecule has 0 atom stereocenters. The minimum atomic E-state index is -0.655. The number of unbranched alkanes of at least 4 members (excludes halogenated alkanes) is 37. The molecule has 4 heteroatoms. The molecule has 0 aromatic heterocycles. The molecule has 1 N–H and O–H groups in total. The second-order valence-electron chi connectivity index (χ2n) is 16.2. The number of rotatable bonds is 43. The molecule has 4 nitrogen and oxygen atoms in total. The zero-order valence-electron chi connectivity index (χ0n) is 36.1. The van der Waals surface area contributed by atoms with Gasteiger partial charge >= 0.3 is 11.9 Å². The first-order valence-electron chi connectivity index (χ1n) is 24.0. The van der Waals surface area contributed by atoms with Crippen molar-refractivity contribution in [1.82, 2.24) is 0 Å². The lowest BCUT2D eigenvalue weighted by atomic mass is 10.0. The minimum absolute atomic E-state index is 0.0257. The van der Waals surface area contributed by atoms with Crippen molar-refractivity contribution in [2.45, 2.75) is 290 Å². The first kappa shape index (κ1) is 53.0. The Labute approximate surface area is 327 Å². The monoisotopic (exact) mass is 737 g/mol. The third-order valence-corrected chi connectivity index (χ3v) is 10.7. The van der Waals surface area contributed by atoms with Crippen LogP contribution in [-0.2, 0) is 14.3 Å². The van der Waals surface area contributed by atoms with E-state index in [1.54, 1.807) is 0 Å². The third kappa shape index (κ3) is 53.3. The van der Waals surface area contributed by atoms with Gasteiger partial charge in [-0.25, -0.2) is 0 Å². The highest BCUT2D eigenvalue weighted by Crippen LogP contribution is 2.16. The molecule has 0 spiro atoms. The molecule has 0 aromatic rings. The summed E-state index contributed by atoms with van der Waals surface area (Å²) in [6, 6.07) is 0. The predicted molar refractivity (Wildman–Crippen MR) is 230 cm³/mol. The van der Waals surface area contributed by atoms with E-state index in [-0.39, 0.29) is 5.97 Å². The quantitative estimate of drug-likeness (QED) is 0.0500. The zero-order valence-corrected chi connectivity index (χ0v) is 36.1. The van der Waals surface area contributed by atoms with E-state index < -0.39 is 5.97 Å². The lowest BCUT2D eigenvalue weighted by Gasteiger charge is -2.06. The van der Waals surface area contributed by atoms with Crippen molar-refractivity contribution in [1.29, 1.82) is 0 Å². The highest BCUT2D eigenvalue weighted by Gasteiger charge is 2.03. The van der Waals surface area contributed by atoms with Crippen LogP contribution in [-0.4, -0.2) is 23.7 Å². The van der Waals surface area contributed by atoms with Gasteiger partial charge in [0, 0.05) is 12.8 Å². The highest BCUT2D eigenvalue weighted by molar-refractivity contribution is 5.69. The van der Waals surface area contributed by atoms with E-state index in [9.17, 15) is 9.59 Å². The fourth-order valence-corrected chi connectivity index (χ4v) is 7.14. The molecule has 0 aliphatic carbocycles. The van der Waals surface area contributed by atoms with Crippen LogP contribution in [0.3, 0.4) is 0 Å². The van der Waals surface area contributed by atoms with Crippen molar-refractivity contribution < 1.29 is 19.4 Å². The van der Waals surface area contributed by atoms with Crippen LogP contribution in [0.4, 0.5) is 0 Å².